The van der Waals surface area contributed by atoms with Crippen molar-refractivity contribution in [2.45, 2.75) is 20.3 Å². The average molecular weight is 281 g/mol. The van der Waals surface area contributed by atoms with Gasteiger partial charge in [-0.15, -0.1) is 10.2 Å². The molecule has 1 aromatic rings. The third-order valence-electron chi connectivity index (χ3n) is 2.69. The number of rotatable bonds is 7. The Bertz CT molecular complexity index is 459. The van der Waals surface area contributed by atoms with Crippen molar-refractivity contribution in [2.24, 2.45) is 11.8 Å². The van der Waals surface area contributed by atoms with Crippen molar-refractivity contribution in [2.75, 3.05) is 19.0 Å². The first-order valence-electron chi connectivity index (χ1n) is 6.32. The number of anilines is 1. The molecule has 0 saturated carbocycles. The van der Waals surface area contributed by atoms with E-state index in [1.54, 1.807) is 6.07 Å². The minimum atomic E-state index is -0.842. The number of nitrogens with zero attached hydrogens (tertiary/aromatic N) is 2. The molecule has 1 unspecified atom stereocenters. The van der Waals surface area contributed by atoms with Gasteiger partial charge in [-0.3, -0.25) is 4.79 Å². The van der Waals surface area contributed by atoms with Crippen molar-refractivity contribution >= 4 is 17.8 Å². The fourth-order valence-corrected chi connectivity index (χ4v) is 1.71. The molecule has 1 atom stereocenters. The number of aromatic nitrogens is 2. The molecular formula is C13H19N3O4. The van der Waals surface area contributed by atoms with Crippen LogP contribution in [0.4, 0.5) is 5.82 Å². The molecule has 20 heavy (non-hydrogen) atoms. The van der Waals surface area contributed by atoms with Crippen LogP contribution in [0.3, 0.4) is 0 Å². The number of nitrogens with one attached hydrogen (secondary N) is 1. The van der Waals surface area contributed by atoms with E-state index in [0.717, 1.165) is 0 Å². The van der Waals surface area contributed by atoms with Crippen molar-refractivity contribution in [1.82, 2.24) is 10.2 Å². The van der Waals surface area contributed by atoms with Gasteiger partial charge in [-0.05, 0) is 24.5 Å². The largest absolute Gasteiger partial charge is 0.481 e. The fourth-order valence-electron chi connectivity index (χ4n) is 1.71. The van der Waals surface area contributed by atoms with Gasteiger partial charge >= 0.3 is 11.9 Å². The van der Waals surface area contributed by atoms with Gasteiger partial charge in [0, 0.05) is 6.54 Å². The van der Waals surface area contributed by atoms with Crippen LogP contribution in [-0.4, -0.2) is 40.9 Å². The summed E-state index contributed by atoms with van der Waals surface area (Å²) in [7, 11) is 1.26. The minimum absolute atomic E-state index is 0.106. The Morgan fingerprint density at radius 3 is 2.50 bits per heavy atom. The molecule has 0 aliphatic carbocycles. The molecule has 1 aromatic heterocycles. The Labute approximate surface area is 117 Å². The van der Waals surface area contributed by atoms with E-state index in [1.165, 1.54) is 13.2 Å². The predicted molar refractivity (Wildman–Crippen MR) is 72.4 cm³/mol. The topological polar surface area (TPSA) is 101 Å². The molecule has 0 saturated heterocycles. The third-order valence-corrected chi connectivity index (χ3v) is 2.69. The van der Waals surface area contributed by atoms with E-state index in [0.29, 0.717) is 18.2 Å². The molecule has 0 spiro atoms. The molecule has 110 valence electrons. The van der Waals surface area contributed by atoms with E-state index >= 15 is 0 Å². The number of aliphatic carboxylic acids is 1. The Hall–Kier alpha value is -2.18. The monoisotopic (exact) mass is 281 g/mol. The van der Waals surface area contributed by atoms with Gasteiger partial charge in [0.15, 0.2) is 5.69 Å². The molecule has 0 fully saturated rings. The zero-order chi connectivity index (χ0) is 15.1. The SMILES string of the molecule is COC(=O)c1ccc(NCC(CC(C)C)C(=O)O)nn1. The van der Waals surface area contributed by atoms with Gasteiger partial charge in [-0.2, -0.15) is 0 Å². The Morgan fingerprint density at radius 2 is 2.05 bits per heavy atom. The van der Waals surface area contributed by atoms with E-state index in [1.807, 2.05) is 13.8 Å². The normalized spacial score (nSPS) is 12.0. The summed E-state index contributed by atoms with van der Waals surface area (Å²) in [6, 6.07) is 3.03. The maximum Gasteiger partial charge on any atom is 0.358 e. The van der Waals surface area contributed by atoms with Gasteiger partial charge in [0.05, 0.1) is 13.0 Å². The van der Waals surface area contributed by atoms with Crippen molar-refractivity contribution in [3.8, 4) is 0 Å². The number of methoxy groups -OCH3 is 1. The van der Waals surface area contributed by atoms with E-state index < -0.39 is 17.9 Å². The molecule has 0 aliphatic rings. The smallest absolute Gasteiger partial charge is 0.358 e. The highest BCUT2D eigenvalue weighted by Gasteiger charge is 2.19. The summed E-state index contributed by atoms with van der Waals surface area (Å²) in [5, 5.41) is 19.5. The summed E-state index contributed by atoms with van der Waals surface area (Å²) in [4.78, 5) is 22.3. The quantitative estimate of drug-likeness (QED) is 0.729. The van der Waals surface area contributed by atoms with Gasteiger partial charge < -0.3 is 15.2 Å². The summed E-state index contributed by atoms with van der Waals surface area (Å²) in [6.07, 6.45) is 0.579. The van der Waals surface area contributed by atoms with Crippen LogP contribution in [0.1, 0.15) is 30.8 Å². The van der Waals surface area contributed by atoms with E-state index in [4.69, 9.17) is 5.11 Å². The number of hydrogen-bond acceptors (Lipinski definition) is 6. The number of carboxylic acids is 1. The number of ether oxygens (including phenoxy) is 1. The van der Waals surface area contributed by atoms with Crippen molar-refractivity contribution < 1.29 is 19.4 Å². The van der Waals surface area contributed by atoms with E-state index in [9.17, 15) is 9.59 Å². The standard InChI is InChI=1S/C13H19N3O4/c1-8(2)6-9(12(17)18)7-14-11-5-4-10(15-16-11)13(19)20-3/h4-5,8-9H,6-7H2,1-3H3,(H,14,16)(H,17,18). The molecule has 0 amide bonds. The Morgan fingerprint density at radius 1 is 1.35 bits per heavy atom. The lowest BCUT2D eigenvalue weighted by Gasteiger charge is -2.15. The second-order valence-corrected chi connectivity index (χ2v) is 4.84. The van der Waals surface area contributed by atoms with Crippen LogP contribution in [0.5, 0.6) is 0 Å². The molecule has 0 aromatic carbocycles. The van der Waals surface area contributed by atoms with Crippen molar-refractivity contribution in [1.29, 1.82) is 0 Å². The zero-order valence-electron chi connectivity index (χ0n) is 11.8. The summed E-state index contributed by atoms with van der Waals surface area (Å²) in [6.45, 7) is 4.21. The molecule has 0 aliphatic heterocycles. The van der Waals surface area contributed by atoms with Gasteiger partial charge in [0.2, 0.25) is 0 Å². The summed E-state index contributed by atoms with van der Waals surface area (Å²) in [5.41, 5.74) is 0.106. The lowest BCUT2D eigenvalue weighted by atomic mass is 9.97. The fraction of sp³-hybridized carbons (Fsp3) is 0.538. The van der Waals surface area contributed by atoms with Crippen LogP contribution in [0.15, 0.2) is 12.1 Å². The third kappa shape index (κ3) is 4.83. The molecule has 1 rings (SSSR count). The number of carbonyl (C=O) groups is 2. The summed E-state index contributed by atoms with van der Waals surface area (Å²) in [5.74, 6) is -1.17. The maximum absolute atomic E-state index is 11.2. The molecule has 0 bridgehead atoms. The molecule has 7 heteroatoms. The first-order chi connectivity index (χ1) is 9.43. The van der Waals surface area contributed by atoms with E-state index in [2.05, 4.69) is 20.3 Å². The van der Waals surface area contributed by atoms with Crippen LogP contribution >= 0.6 is 0 Å². The van der Waals surface area contributed by atoms with Gasteiger partial charge in [0.25, 0.3) is 0 Å². The molecule has 0 radical (unpaired) electrons. The number of hydrogen-bond donors (Lipinski definition) is 2. The molecular weight excluding hydrogens is 262 g/mol. The number of carbonyl (C=O) groups excluding carboxylic acids is 1. The molecule has 1 heterocycles. The van der Waals surface area contributed by atoms with Crippen LogP contribution in [-0.2, 0) is 9.53 Å². The summed E-state index contributed by atoms with van der Waals surface area (Å²) >= 11 is 0. The van der Waals surface area contributed by atoms with Crippen LogP contribution in [0.2, 0.25) is 0 Å². The highest BCUT2D eigenvalue weighted by Crippen LogP contribution is 2.13. The van der Waals surface area contributed by atoms with Crippen LogP contribution in [0, 0.1) is 11.8 Å². The molecule has 2 N–H and O–H groups in total. The predicted octanol–water partition coefficient (Wildman–Crippen LogP) is 1.42. The average Bonchev–Trinajstić information content (AvgIpc) is 2.42. The van der Waals surface area contributed by atoms with Crippen molar-refractivity contribution in [3.63, 3.8) is 0 Å². The van der Waals surface area contributed by atoms with Crippen LogP contribution in [0.25, 0.3) is 0 Å². The van der Waals surface area contributed by atoms with Crippen LogP contribution < -0.4 is 5.32 Å². The van der Waals surface area contributed by atoms with Crippen molar-refractivity contribution in [3.05, 3.63) is 17.8 Å². The second kappa shape index (κ2) is 7.42. The minimum Gasteiger partial charge on any atom is -0.481 e. The Kier molecular flexibility index (Phi) is 5.89. The highest BCUT2D eigenvalue weighted by atomic mass is 16.5. The number of carboxylic acid groups (broad SMARTS) is 1. The first-order valence-corrected chi connectivity index (χ1v) is 6.32. The zero-order valence-corrected chi connectivity index (χ0v) is 11.8. The first kappa shape index (κ1) is 15.9. The molecule has 7 nitrogen and oxygen atoms in total. The lowest BCUT2D eigenvalue weighted by Crippen LogP contribution is -2.25. The highest BCUT2D eigenvalue weighted by molar-refractivity contribution is 5.86. The second-order valence-electron chi connectivity index (χ2n) is 4.84. The Balaban J connectivity index is 2.60. The maximum atomic E-state index is 11.2. The van der Waals surface area contributed by atoms with Gasteiger partial charge in [0.1, 0.15) is 5.82 Å². The van der Waals surface area contributed by atoms with Gasteiger partial charge in [-0.25, -0.2) is 4.79 Å². The number of esters is 1. The summed E-state index contributed by atoms with van der Waals surface area (Å²) < 4.78 is 4.51. The van der Waals surface area contributed by atoms with E-state index in [-0.39, 0.29) is 12.2 Å². The van der Waals surface area contributed by atoms with Gasteiger partial charge in [-0.1, -0.05) is 13.8 Å². The lowest BCUT2D eigenvalue weighted by molar-refractivity contribution is -0.141.